The first-order valence-corrected chi connectivity index (χ1v) is 6.11. The van der Waals surface area contributed by atoms with Gasteiger partial charge >= 0.3 is 0 Å². The van der Waals surface area contributed by atoms with Gasteiger partial charge < -0.3 is 16.0 Å². The molecule has 1 aromatic heterocycles. The van der Waals surface area contributed by atoms with Gasteiger partial charge in [0, 0.05) is 24.7 Å². The van der Waals surface area contributed by atoms with E-state index < -0.39 is 0 Å². The maximum atomic E-state index is 11.5. The highest BCUT2D eigenvalue weighted by Gasteiger charge is 2.13. The van der Waals surface area contributed by atoms with Crippen molar-refractivity contribution < 1.29 is 4.79 Å². The summed E-state index contributed by atoms with van der Waals surface area (Å²) in [5.41, 5.74) is 7.18. The van der Waals surface area contributed by atoms with Crippen molar-refractivity contribution in [3.63, 3.8) is 0 Å². The number of hydrogen-bond donors (Lipinski definition) is 2. The van der Waals surface area contributed by atoms with Gasteiger partial charge in [-0.3, -0.25) is 4.79 Å². The molecule has 0 fully saturated rings. The van der Waals surface area contributed by atoms with Gasteiger partial charge in [-0.25, -0.2) is 9.97 Å². The Balaban J connectivity index is 2.45. The van der Waals surface area contributed by atoms with E-state index in [1.807, 2.05) is 24.0 Å². The third-order valence-electron chi connectivity index (χ3n) is 2.93. The lowest BCUT2D eigenvalue weighted by Crippen LogP contribution is -2.36. The Kier molecular flexibility index (Phi) is 3.79. The van der Waals surface area contributed by atoms with E-state index in [-0.39, 0.29) is 12.5 Å². The molecule has 0 aliphatic carbocycles. The summed E-state index contributed by atoms with van der Waals surface area (Å²) in [5, 5.41) is 3.50. The number of carbonyl (C=O) groups is 1. The average molecular weight is 259 g/mol. The lowest BCUT2D eigenvalue weighted by molar-refractivity contribution is -0.119. The molecule has 3 N–H and O–H groups in total. The van der Waals surface area contributed by atoms with Crippen molar-refractivity contribution in [1.82, 2.24) is 15.3 Å². The Morgan fingerprint density at radius 3 is 2.89 bits per heavy atom. The molecule has 0 spiro atoms. The van der Waals surface area contributed by atoms with E-state index in [2.05, 4.69) is 15.3 Å². The molecule has 0 unspecified atom stereocenters. The third kappa shape index (κ3) is 2.73. The molecule has 2 aromatic rings. The zero-order valence-electron chi connectivity index (χ0n) is 11.1. The van der Waals surface area contributed by atoms with Crippen LogP contribution >= 0.6 is 0 Å². The van der Waals surface area contributed by atoms with Gasteiger partial charge in [-0.05, 0) is 25.1 Å². The molecular formula is C13H17N5O. The summed E-state index contributed by atoms with van der Waals surface area (Å²) in [7, 11) is 1.62. The van der Waals surface area contributed by atoms with Gasteiger partial charge in [0.05, 0.1) is 12.1 Å². The molecule has 2 rings (SSSR count). The van der Waals surface area contributed by atoms with Crippen molar-refractivity contribution >= 4 is 28.3 Å². The van der Waals surface area contributed by atoms with Crippen LogP contribution in [0, 0.1) is 0 Å². The second kappa shape index (κ2) is 5.51. The smallest absolute Gasteiger partial charge is 0.239 e. The largest absolute Gasteiger partial charge is 0.399 e. The number of rotatable bonds is 4. The normalized spacial score (nSPS) is 10.4. The molecule has 0 aliphatic rings. The highest BCUT2D eigenvalue weighted by molar-refractivity contribution is 5.92. The summed E-state index contributed by atoms with van der Waals surface area (Å²) >= 11 is 0. The van der Waals surface area contributed by atoms with Crippen LogP contribution in [0.1, 0.15) is 6.92 Å². The van der Waals surface area contributed by atoms with Gasteiger partial charge in [0.25, 0.3) is 0 Å². The lowest BCUT2D eigenvalue weighted by atomic mass is 10.2. The van der Waals surface area contributed by atoms with E-state index >= 15 is 0 Å². The van der Waals surface area contributed by atoms with Gasteiger partial charge in [-0.2, -0.15) is 0 Å². The first kappa shape index (κ1) is 13.1. The Bertz CT molecular complexity index is 599. The molecule has 1 heterocycles. The van der Waals surface area contributed by atoms with E-state index in [0.717, 1.165) is 16.7 Å². The van der Waals surface area contributed by atoms with Crippen LogP contribution in [0.25, 0.3) is 10.9 Å². The van der Waals surface area contributed by atoms with Crippen molar-refractivity contribution in [1.29, 1.82) is 0 Å². The molecule has 0 bridgehead atoms. The van der Waals surface area contributed by atoms with Gasteiger partial charge in [-0.15, -0.1) is 0 Å². The minimum Gasteiger partial charge on any atom is -0.399 e. The Hall–Kier alpha value is -2.37. The number of anilines is 2. The monoisotopic (exact) mass is 259 g/mol. The maximum Gasteiger partial charge on any atom is 0.239 e. The number of benzene rings is 1. The molecule has 0 saturated heterocycles. The first-order chi connectivity index (χ1) is 9.15. The first-order valence-electron chi connectivity index (χ1n) is 6.11. The van der Waals surface area contributed by atoms with Crippen molar-refractivity contribution in [3.05, 3.63) is 24.5 Å². The van der Waals surface area contributed by atoms with Crippen molar-refractivity contribution in [3.8, 4) is 0 Å². The molecule has 1 amide bonds. The second-order valence-electron chi connectivity index (χ2n) is 4.16. The van der Waals surface area contributed by atoms with Crippen LogP contribution in [0.2, 0.25) is 0 Å². The fourth-order valence-corrected chi connectivity index (χ4v) is 1.90. The summed E-state index contributed by atoms with van der Waals surface area (Å²) in [4.78, 5) is 21.9. The highest BCUT2D eigenvalue weighted by atomic mass is 16.1. The second-order valence-corrected chi connectivity index (χ2v) is 4.16. The minimum atomic E-state index is -0.0518. The molecule has 6 nitrogen and oxygen atoms in total. The molecule has 0 radical (unpaired) electrons. The summed E-state index contributed by atoms with van der Waals surface area (Å²) in [6.45, 7) is 2.93. The fourth-order valence-electron chi connectivity index (χ4n) is 1.90. The minimum absolute atomic E-state index is 0.0518. The summed E-state index contributed by atoms with van der Waals surface area (Å²) in [6, 6.07) is 5.49. The Morgan fingerprint density at radius 2 is 2.21 bits per heavy atom. The van der Waals surface area contributed by atoms with Crippen LogP contribution in [0.4, 0.5) is 11.5 Å². The molecule has 1 aromatic carbocycles. The number of nitrogens with zero attached hydrogens (tertiary/aromatic N) is 3. The highest BCUT2D eigenvalue weighted by Crippen LogP contribution is 2.24. The summed E-state index contributed by atoms with van der Waals surface area (Å²) in [6.07, 6.45) is 1.49. The molecule has 6 heteroatoms. The number of fused-ring (bicyclic) bond motifs is 1. The number of amides is 1. The average Bonchev–Trinajstić information content (AvgIpc) is 2.43. The van der Waals surface area contributed by atoms with E-state index in [9.17, 15) is 4.79 Å². The number of nitrogens with two attached hydrogens (primary N) is 1. The summed E-state index contributed by atoms with van der Waals surface area (Å²) < 4.78 is 0. The third-order valence-corrected chi connectivity index (χ3v) is 2.93. The predicted molar refractivity (Wildman–Crippen MR) is 75.9 cm³/mol. The zero-order chi connectivity index (χ0) is 13.8. The quantitative estimate of drug-likeness (QED) is 0.793. The standard InChI is InChI=1S/C13H17N5O/c1-3-18(7-12(19)15-2)13-10-5-4-9(14)6-11(10)16-8-17-13/h4-6,8H,3,7,14H2,1-2H3,(H,15,19). The van der Waals surface area contributed by atoms with Crippen molar-refractivity contribution in [2.75, 3.05) is 30.8 Å². The van der Waals surface area contributed by atoms with Gasteiger partial charge in [0.1, 0.15) is 12.1 Å². The van der Waals surface area contributed by atoms with Crippen LogP contribution < -0.4 is 16.0 Å². The number of aromatic nitrogens is 2. The zero-order valence-corrected chi connectivity index (χ0v) is 11.1. The lowest BCUT2D eigenvalue weighted by Gasteiger charge is -2.22. The molecular weight excluding hydrogens is 242 g/mol. The van der Waals surface area contributed by atoms with Crippen LogP contribution in [0.3, 0.4) is 0 Å². The van der Waals surface area contributed by atoms with E-state index in [1.54, 1.807) is 13.1 Å². The SMILES string of the molecule is CCN(CC(=O)NC)c1ncnc2cc(N)ccc12. The maximum absolute atomic E-state index is 11.5. The number of carbonyl (C=O) groups excluding carboxylic acids is 1. The number of nitrogen functional groups attached to an aromatic ring is 1. The molecule has 0 atom stereocenters. The Labute approximate surface area is 111 Å². The number of likely N-dealkylation sites (N-methyl/N-ethyl adjacent to an activating group) is 2. The van der Waals surface area contributed by atoms with E-state index in [4.69, 9.17) is 5.73 Å². The van der Waals surface area contributed by atoms with Gasteiger partial charge in [0.15, 0.2) is 0 Å². The van der Waals surface area contributed by atoms with Gasteiger partial charge in [0.2, 0.25) is 5.91 Å². The molecule has 0 saturated carbocycles. The molecule has 19 heavy (non-hydrogen) atoms. The molecule has 100 valence electrons. The van der Waals surface area contributed by atoms with Crippen LogP contribution in [-0.4, -0.2) is 36.0 Å². The number of nitrogens with one attached hydrogen (secondary N) is 1. The van der Waals surface area contributed by atoms with Crippen LogP contribution in [0.15, 0.2) is 24.5 Å². The van der Waals surface area contributed by atoms with Crippen molar-refractivity contribution in [2.24, 2.45) is 0 Å². The fraction of sp³-hybridized carbons (Fsp3) is 0.308. The summed E-state index contributed by atoms with van der Waals surface area (Å²) in [5.74, 6) is 0.695. The topological polar surface area (TPSA) is 84.1 Å². The predicted octanol–water partition coefficient (Wildman–Crippen LogP) is 0.784. The number of hydrogen-bond acceptors (Lipinski definition) is 5. The van der Waals surface area contributed by atoms with E-state index in [1.165, 1.54) is 6.33 Å². The van der Waals surface area contributed by atoms with Crippen LogP contribution in [0.5, 0.6) is 0 Å². The van der Waals surface area contributed by atoms with Crippen LogP contribution in [-0.2, 0) is 4.79 Å². The molecule has 0 aliphatic heterocycles. The van der Waals surface area contributed by atoms with Crippen molar-refractivity contribution in [2.45, 2.75) is 6.92 Å². The Morgan fingerprint density at radius 1 is 1.42 bits per heavy atom. The van der Waals surface area contributed by atoms with E-state index in [0.29, 0.717) is 12.2 Å². The van der Waals surface area contributed by atoms with Gasteiger partial charge in [-0.1, -0.05) is 0 Å².